The van der Waals surface area contributed by atoms with Gasteiger partial charge in [-0.25, -0.2) is 4.98 Å². The first kappa shape index (κ1) is 16.4. The maximum absolute atomic E-state index is 10.6. The molecule has 0 atom stereocenters. The van der Waals surface area contributed by atoms with Crippen molar-refractivity contribution in [3.05, 3.63) is 54.6 Å². The lowest BCUT2D eigenvalue weighted by molar-refractivity contribution is -0.108. The van der Waals surface area contributed by atoms with Crippen LogP contribution in [0, 0.1) is 5.41 Å². The lowest BCUT2D eigenvalue weighted by Gasteiger charge is -2.15. The third-order valence-electron chi connectivity index (χ3n) is 3.63. The molecule has 0 unspecified atom stereocenters. The third-order valence-corrected chi connectivity index (χ3v) is 3.63. The molecule has 0 bridgehead atoms. The molecule has 0 aliphatic carbocycles. The topological polar surface area (TPSA) is 87.1 Å². The molecule has 3 aromatic rings. The summed E-state index contributed by atoms with van der Waals surface area (Å²) in [5, 5.41) is 13.8. The molecule has 6 nitrogen and oxygen atoms in total. The van der Waals surface area contributed by atoms with Crippen LogP contribution in [-0.4, -0.2) is 24.0 Å². The zero-order valence-electron chi connectivity index (χ0n) is 13.7. The minimum atomic E-state index is -0.118. The molecule has 1 heterocycles. The summed E-state index contributed by atoms with van der Waals surface area (Å²) >= 11 is 0. The van der Waals surface area contributed by atoms with Crippen molar-refractivity contribution >= 4 is 29.0 Å². The highest BCUT2D eigenvalue weighted by atomic mass is 16.5. The highest BCUT2D eigenvalue weighted by Crippen LogP contribution is 2.34. The molecule has 0 radical (unpaired) electrons. The number of nitrogens with zero attached hydrogens (tertiary/aromatic N) is 1. The number of nitrogens with one attached hydrogen (secondary N) is 3. The quantitative estimate of drug-likeness (QED) is 0.379. The Hall–Kier alpha value is -3.41. The van der Waals surface area contributed by atoms with Gasteiger partial charge in [-0.2, -0.15) is 0 Å². The molecule has 6 heteroatoms. The standard InChI is InChI=1S/C19H18N4O2/c1-2-25-17-10-6-9-14-18(17)16(23-19(20)21-12-24)11-15(22-14)13-7-4-3-5-8-13/h3-12H,2H2,1H3,(H3,20,21,22,23,24). The van der Waals surface area contributed by atoms with E-state index < -0.39 is 0 Å². The van der Waals surface area contributed by atoms with Gasteiger partial charge >= 0.3 is 0 Å². The molecular weight excluding hydrogens is 316 g/mol. The van der Waals surface area contributed by atoms with Crippen molar-refractivity contribution in [2.75, 3.05) is 11.9 Å². The Kier molecular flexibility index (Phi) is 4.89. The summed E-state index contributed by atoms with van der Waals surface area (Å²) < 4.78 is 5.71. The van der Waals surface area contributed by atoms with Gasteiger partial charge in [-0.3, -0.25) is 15.5 Å². The normalized spacial score (nSPS) is 10.3. The van der Waals surface area contributed by atoms with E-state index in [4.69, 9.17) is 15.1 Å². The largest absolute Gasteiger partial charge is 0.493 e. The first-order valence-corrected chi connectivity index (χ1v) is 7.90. The van der Waals surface area contributed by atoms with Gasteiger partial charge in [0.2, 0.25) is 6.41 Å². The Morgan fingerprint density at radius 1 is 1.20 bits per heavy atom. The Bertz CT molecular complexity index is 910. The summed E-state index contributed by atoms with van der Waals surface area (Å²) in [5.74, 6) is 0.557. The number of hydrogen-bond donors (Lipinski definition) is 3. The van der Waals surface area contributed by atoms with Gasteiger partial charge in [-0.05, 0) is 25.1 Å². The Morgan fingerprint density at radius 3 is 2.72 bits per heavy atom. The number of ether oxygens (including phenoxy) is 1. The van der Waals surface area contributed by atoms with Crippen LogP contribution in [0.3, 0.4) is 0 Å². The van der Waals surface area contributed by atoms with Crippen LogP contribution >= 0.6 is 0 Å². The van der Waals surface area contributed by atoms with E-state index in [1.54, 1.807) is 0 Å². The van der Waals surface area contributed by atoms with Crippen molar-refractivity contribution < 1.29 is 9.53 Å². The van der Waals surface area contributed by atoms with Gasteiger partial charge in [0.1, 0.15) is 5.75 Å². The van der Waals surface area contributed by atoms with Gasteiger partial charge in [-0.1, -0.05) is 36.4 Å². The predicted molar refractivity (Wildman–Crippen MR) is 98.9 cm³/mol. The van der Waals surface area contributed by atoms with E-state index >= 15 is 0 Å². The number of amides is 1. The molecule has 2 aromatic carbocycles. The molecular formula is C19H18N4O2. The molecule has 0 aliphatic rings. The second kappa shape index (κ2) is 7.44. The monoisotopic (exact) mass is 334 g/mol. The molecule has 3 rings (SSSR count). The first-order chi connectivity index (χ1) is 12.2. The van der Waals surface area contributed by atoms with E-state index in [9.17, 15) is 4.79 Å². The lowest BCUT2D eigenvalue weighted by atomic mass is 10.1. The fourth-order valence-corrected chi connectivity index (χ4v) is 2.62. The van der Waals surface area contributed by atoms with E-state index in [2.05, 4.69) is 10.6 Å². The number of carbonyl (C=O) groups is 1. The molecule has 1 aromatic heterocycles. The van der Waals surface area contributed by atoms with E-state index in [1.165, 1.54) is 0 Å². The van der Waals surface area contributed by atoms with E-state index in [-0.39, 0.29) is 5.96 Å². The lowest BCUT2D eigenvalue weighted by Crippen LogP contribution is -2.28. The Labute approximate surface area is 145 Å². The zero-order valence-corrected chi connectivity index (χ0v) is 13.7. The van der Waals surface area contributed by atoms with E-state index in [1.807, 2.05) is 61.5 Å². The molecule has 0 saturated heterocycles. The predicted octanol–water partition coefficient (Wildman–Crippen LogP) is 3.39. The van der Waals surface area contributed by atoms with Crippen LogP contribution in [0.1, 0.15) is 6.92 Å². The van der Waals surface area contributed by atoms with Crippen molar-refractivity contribution in [2.45, 2.75) is 6.92 Å². The second-order valence-corrected chi connectivity index (χ2v) is 5.27. The number of benzene rings is 2. The zero-order chi connectivity index (χ0) is 17.6. The second-order valence-electron chi connectivity index (χ2n) is 5.27. The van der Waals surface area contributed by atoms with Crippen LogP contribution in [0.15, 0.2) is 54.6 Å². The van der Waals surface area contributed by atoms with Crippen molar-refractivity contribution in [2.24, 2.45) is 0 Å². The van der Waals surface area contributed by atoms with Gasteiger partial charge < -0.3 is 10.1 Å². The molecule has 1 amide bonds. The molecule has 3 N–H and O–H groups in total. The van der Waals surface area contributed by atoms with Crippen LogP contribution in [0.5, 0.6) is 5.75 Å². The fourth-order valence-electron chi connectivity index (χ4n) is 2.62. The summed E-state index contributed by atoms with van der Waals surface area (Å²) in [6.07, 6.45) is 0.459. The molecule has 0 fully saturated rings. The number of pyridine rings is 1. The van der Waals surface area contributed by atoms with Crippen molar-refractivity contribution in [1.29, 1.82) is 5.41 Å². The molecule has 0 saturated carbocycles. The van der Waals surface area contributed by atoms with Gasteiger partial charge in [0.05, 0.1) is 28.9 Å². The average molecular weight is 334 g/mol. The maximum Gasteiger partial charge on any atom is 0.213 e. The minimum Gasteiger partial charge on any atom is -0.493 e. The fraction of sp³-hybridized carbons (Fsp3) is 0.105. The first-order valence-electron chi connectivity index (χ1n) is 7.90. The molecule has 0 aliphatic heterocycles. The summed E-state index contributed by atoms with van der Waals surface area (Å²) in [5.41, 5.74) is 3.12. The van der Waals surface area contributed by atoms with Crippen molar-refractivity contribution in [3.8, 4) is 17.0 Å². The molecule has 25 heavy (non-hydrogen) atoms. The van der Waals surface area contributed by atoms with Crippen LogP contribution in [0.25, 0.3) is 22.2 Å². The van der Waals surface area contributed by atoms with Gasteiger partial charge in [0, 0.05) is 5.56 Å². The smallest absolute Gasteiger partial charge is 0.213 e. The van der Waals surface area contributed by atoms with Crippen LogP contribution in [-0.2, 0) is 4.79 Å². The number of carbonyl (C=O) groups excluding carboxylic acids is 1. The highest BCUT2D eigenvalue weighted by molar-refractivity contribution is 6.06. The Morgan fingerprint density at radius 2 is 2.00 bits per heavy atom. The number of aromatic nitrogens is 1. The van der Waals surface area contributed by atoms with Gasteiger partial charge in [0.25, 0.3) is 0 Å². The number of rotatable bonds is 5. The van der Waals surface area contributed by atoms with Crippen LogP contribution < -0.4 is 15.4 Å². The Balaban J connectivity index is 2.19. The van der Waals surface area contributed by atoms with Gasteiger partial charge in [-0.15, -0.1) is 0 Å². The number of hydrogen-bond acceptors (Lipinski definition) is 4. The molecule has 0 spiro atoms. The van der Waals surface area contributed by atoms with Crippen LogP contribution in [0.2, 0.25) is 0 Å². The minimum absolute atomic E-state index is 0.118. The summed E-state index contributed by atoms with van der Waals surface area (Å²) in [6, 6.07) is 17.3. The summed E-state index contributed by atoms with van der Waals surface area (Å²) in [4.78, 5) is 15.3. The van der Waals surface area contributed by atoms with E-state index in [0.29, 0.717) is 24.5 Å². The number of fused-ring (bicyclic) bond motifs is 1. The summed E-state index contributed by atoms with van der Waals surface area (Å²) in [6.45, 7) is 2.43. The average Bonchev–Trinajstić information content (AvgIpc) is 2.63. The van der Waals surface area contributed by atoms with Gasteiger partial charge in [0.15, 0.2) is 5.96 Å². The molecule has 126 valence electrons. The van der Waals surface area contributed by atoms with Crippen molar-refractivity contribution in [1.82, 2.24) is 10.3 Å². The van der Waals surface area contributed by atoms with Crippen LogP contribution in [0.4, 0.5) is 5.69 Å². The van der Waals surface area contributed by atoms with Crippen molar-refractivity contribution in [3.63, 3.8) is 0 Å². The third kappa shape index (κ3) is 3.58. The number of guanidine groups is 1. The maximum atomic E-state index is 10.6. The summed E-state index contributed by atoms with van der Waals surface area (Å²) in [7, 11) is 0. The SMILES string of the molecule is CCOc1cccc2nc(-c3ccccc3)cc(NC(=N)NC=O)c12. The number of anilines is 1. The van der Waals surface area contributed by atoms with E-state index in [0.717, 1.165) is 22.2 Å². The highest BCUT2D eigenvalue weighted by Gasteiger charge is 2.13.